The van der Waals surface area contributed by atoms with Gasteiger partial charge in [0.05, 0.1) is 41.8 Å². The maximum Gasteiger partial charge on any atom is 0.186 e. The van der Waals surface area contributed by atoms with Gasteiger partial charge in [-0.3, -0.25) is 9.59 Å². The molecule has 0 unspecified atom stereocenters. The summed E-state index contributed by atoms with van der Waals surface area (Å²) in [5.41, 5.74) is 11.5. The molecule has 1 aliphatic carbocycles. The summed E-state index contributed by atoms with van der Waals surface area (Å²) < 4.78 is 21.6. The Morgan fingerprint density at radius 1 is 0.319 bits per heavy atom. The SMILES string of the molecule is CCCCCCCCCCCCC1(CCCCCCCCCCCC)C(=O)c2cc(-c3cc4c(s3)-c3sc(OC)cc3OC4(c3ccc(CCCCCC)cc3)c3ccc(CCCCCC)cc3)sc2-c2sc(-c3cc4c(s3)-c3sc(C=O)cc3OC4(c3ccc(CCCCCC)cc3)c3ccc(CCCCCC)cc3)cc21. The van der Waals surface area contributed by atoms with Crippen molar-refractivity contribution in [2.24, 2.45) is 0 Å². The van der Waals surface area contributed by atoms with E-state index in [4.69, 9.17) is 14.2 Å². The lowest BCUT2D eigenvalue weighted by atomic mass is 9.65. The van der Waals surface area contributed by atoms with Gasteiger partial charge in [-0.2, -0.15) is 0 Å². The number of benzene rings is 4. The van der Waals surface area contributed by atoms with Crippen molar-refractivity contribution in [1.82, 2.24) is 0 Å². The molecule has 3 aliphatic rings. The fourth-order valence-electron chi connectivity index (χ4n) is 18.3. The molecule has 0 N–H and O–H groups in total. The van der Waals surface area contributed by atoms with Crippen LogP contribution in [0.1, 0.15) is 367 Å². The van der Waals surface area contributed by atoms with Crippen molar-refractivity contribution in [2.45, 2.75) is 328 Å². The van der Waals surface area contributed by atoms with E-state index in [9.17, 15) is 4.79 Å². The molecule has 2 aliphatic heterocycles. The first kappa shape index (κ1) is 84.7. The molecule has 0 atom stereocenters. The summed E-state index contributed by atoms with van der Waals surface area (Å²) in [6.45, 7) is 13.8. The molecule has 13 rings (SSSR count). The first-order chi connectivity index (χ1) is 55.6. The summed E-state index contributed by atoms with van der Waals surface area (Å²) in [4.78, 5) is 42.3. The Morgan fingerprint density at radius 3 is 0.973 bits per heavy atom. The van der Waals surface area contributed by atoms with E-state index in [1.165, 1.54) is 253 Å². The van der Waals surface area contributed by atoms with Crippen molar-refractivity contribution < 1.29 is 23.8 Å². The number of thiophene rings is 6. The van der Waals surface area contributed by atoms with Crippen LogP contribution in [0, 0.1) is 0 Å². The fraction of sp³-hybridized carbons (Fsp3) is 0.510. The molecule has 8 heterocycles. The number of hydrogen-bond acceptors (Lipinski definition) is 11. The minimum atomic E-state index is -1.01. The van der Waals surface area contributed by atoms with Gasteiger partial charge in [-0.05, 0) is 116 Å². The van der Waals surface area contributed by atoms with E-state index in [1.54, 1.807) is 29.8 Å². The second-order valence-corrected chi connectivity index (χ2v) is 39.5. The standard InChI is InChI=1S/C102H128O5S6/c1-8-14-20-26-28-30-32-34-36-42-64-100(65-43-37-35-33-31-29-27-21-15-9-2)83-68-89(91-70-84-95(112-91)97-86(66-81(72-103)108-97)106-101(84,77-56-48-73(49-57-77)44-38-22-16-10-3)78-58-50-74(51-59-78)45-39-23-17-11-4)110-94(83)93-82(99(100)104)67-88(109-93)90-69-85-96(111-90)98-87(71-92(105-7)113-98)107-102(85,79-60-52-75(53-61-79)46-40-24-18-12-5)80-62-54-76(55-63-80)47-41-25-19-13-6/h48-63,66-72H,8-47,64-65H2,1-7H3. The molecule has 113 heavy (non-hydrogen) atoms. The number of unbranched alkanes of at least 4 members (excludes halogenated alkanes) is 30. The largest absolute Gasteiger partial charge is 0.487 e. The second kappa shape index (κ2) is 41.8. The van der Waals surface area contributed by atoms with Gasteiger partial charge in [0.1, 0.15) is 11.5 Å². The van der Waals surface area contributed by atoms with Crippen molar-refractivity contribution in [3.05, 3.63) is 205 Å². The molecule has 0 amide bonds. The number of ether oxygens (including phenoxy) is 3. The summed E-state index contributed by atoms with van der Waals surface area (Å²) in [5, 5.41) is 0.826. The minimum absolute atomic E-state index is 0.317. The van der Waals surface area contributed by atoms with Crippen LogP contribution in [0.4, 0.5) is 0 Å². The second-order valence-electron chi connectivity index (χ2n) is 33.2. The Balaban J connectivity index is 0.958. The zero-order valence-electron chi connectivity index (χ0n) is 69.5. The summed E-state index contributed by atoms with van der Waals surface area (Å²) in [7, 11) is 1.78. The fourth-order valence-corrected chi connectivity index (χ4v) is 25.5. The maximum absolute atomic E-state index is 17.1. The van der Waals surface area contributed by atoms with Crippen LogP contribution in [0.2, 0.25) is 0 Å². The lowest BCUT2D eigenvalue weighted by Crippen LogP contribution is -2.38. The zero-order valence-corrected chi connectivity index (χ0v) is 74.4. The van der Waals surface area contributed by atoms with E-state index in [-0.39, 0.29) is 0 Å². The highest BCUT2D eigenvalue weighted by molar-refractivity contribution is 7.31. The monoisotopic (exact) mass is 1620 g/mol. The summed E-state index contributed by atoms with van der Waals surface area (Å²) >= 11 is 10.7. The number of carbonyl (C=O) groups is 2. The van der Waals surface area contributed by atoms with Gasteiger partial charge in [0.2, 0.25) is 0 Å². The first-order valence-corrected chi connectivity index (χ1v) is 49.6. The Morgan fingerprint density at radius 2 is 0.619 bits per heavy atom. The van der Waals surface area contributed by atoms with Crippen LogP contribution >= 0.6 is 68.0 Å². The molecule has 0 bridgehead atoms. The molecule has 0 saturated heterocycles. The van der Waals surface area contributed by atoms with Gasteiger partial charge in [0.15, 0.2) is 28.3 Å². The molecule has 5 nitrogen and oxygen atoms in total. The number of ketones is 1. The molecule has 0 fully saturated rings. The highest BCUT2D eigenvalue weighted by Crippen LogP contribution is 2.64. The van der Waals surface area contributed by atoms with Gasteiger partial charge in [0, 0.05) is 75.5 Å². The van der Waals surface area contributed by atoms with Crippen LogP contribution in [0.15, 0.2) is 133 Å². The molecule has 0 saturated carbocycles. The minimum Gasteiger partial charge on any atom is -0.487 e. The average Bonchev–Trinajstić information content (AvgIpc) is 1.58. The van der Waals surface area contributed by atoms with Gasteiger partial charge in [0.25, 0.3) is 0 Å². The highest BCUT2D eigenvalue weighted by Gasteiger charge is 2.51. The summed E-state index contributed by atoms with van der Waals surface area (Å²) in [6, 6.07) is 51.4. The van der Waals surface area contributed by atoms with Gasteiger partial charge in [-0.1, -0.05) is 355 Å². The lowest BCUT2D eigenvalue weighted by molar-refractivity contribution is 0.0855. The Bertz CT molecular complexity index is 4470. The molecule has 0 spiro atoms. The third kappa shape index (κ3) is 19.5. The predicted molar refractivity (Wildman–Crippen MR) is 490 cm³/mol. The van der Waals surface area contributed by atoms with Gasteiger partial charge >= 0.3 is 0 Å². The van der Waals surface area contributed by atoms with Gasteiger partial charge in [-0.25, -0.2) is 0 Å². The third-order valence-electron chi connectivity index (χ3n) is 24.9. The molecular formula is C102H128O5S6. The van der Waals surface area contributed by atoms with Crippen molar-refractivity contribution in [3.8, 4) is 65.3 Å². The van der Waals surface area contributed by atoms with E-state index >= 15 is 4.79 Å². The van der Waals surface area contributed by atoms with E-state index in [1.807, 2.05) is 51.4 Å². The van der Waals surface area contributed by atoms with E-state index in [2.05, 4.69) is 169 Å². The smallest absolute Gasteiger partial charge is 0.186 e. The topological polar surface area (TPSA) is 61.8 Å². The number of aryl methyl sites for hydroxylation is 4. The molecule has 0 radical (unpaired) electrons. The zero-order chi connectivity index (χ0) is 78.4. The summed E-state index contributed by atoms with van der Waals surface area (Å²) in [5.74, 6) is 1.92. The van der Waals surface area contributed by atoms with E-state index in [0.29, 0.717) is 10.7 Å². The molecular weight excluding hydrogens is 1500 g/mol. The van der Waals surface area contributed by atoms with Crippen LogP contribution < -0.4 is 14.2 Å². The predicted octanol–water partition coefficient (Wildman–Crippen LogP) is 33.1. The molecule has 6 aromatic heterocycles. The van der Waals surface area contributed by atoms with Crippen LogP contribution in [-0.4, -0.2) is 19.2 Å². The Labute approximate surface area is 703 Å². The quantitative estimate of drug-likeness (QED) is 0.0281. The van der Waals surface area contributed by atoms with Crippen LogP contribution in [-0.2, 0) is 42.3 Å². The number of rotatable bonds is 50. The van der Waals surface area contributed by atoms with E-state index < -0.39 is 16.6 Å². The van der Waals surface area contributed by atoms with Crippen LogP contribution in [0.5, 0.6) is 16.6 Å². The van der Waals surface area contributed by atoms with Gasteiger partial charge < -0.3 is 14.2 Å². The number of fused-ring (bicyclic) bond motifs is 9. The van der Waals surface area contributed by atoms with Crippen molar-refractivity contribution in [1.29, 1.82) is 0 Å². The highest BCUT2D eigenvalue weighted by atomic mass is 32.1. The molecule has 11 heteroatoms. The lowest BCUT2D eigenvalue weighted by Gasteiger charge is -2.39. The average molecular weight is 1630 g/mol. The van der Waals surface area contributed by atoms with Crippen LogP contribution in [0.3, 0.4) is 0 Å². The van der Waals surface area contributed by atoms with Crippen molar-refractivity contribution >= 4 is 80.1 Å². The Hall–Kier alpha value is -6.18. The summed E-state index contributed by atoms with van der Waals surface area (Å²) in [6.07, 6.45) is 51.4. The maximum atomic E-state index is 17.1. The normalized spacial score (nSPS) is 14.1. The molecule has 10 aromatic rings. The Kier molecular flexibility index (Phi) is 31.3. The number of carbonyl (C=O) groups excluding carboxylic acids is 2. The number of aldehydes is 1. The number of hydrogen-bond donors (Lipinski definition) is 0. The van der Waals surface area contributed by atoms with Gasteiger partial charge in [-0.15, -0.1) is 56.7 Å². The number of Topliss-reactive ketones (excluding diaryl/α,β-unsaturated/α-hetero) is 1. The number of methoxy groups -OCH3 is 1. The van der Waals surface area contributed by atoms with Crippen molar-refractivity contribution in [2.75, 3.05) is 7.11 Å². The van der Waals surface area contributed by atoms with Crippen LogP contribution in [0.25, 0.3) is 48.8 Å². The molecule has 4 aromatic carbocycles. The first-order valence-electron chi connectivity index (χ1n) is 44.7. The van der Waals surface area contributed by atoms with Crippen molar-refractivity contribution in [3.63, 3.8) is 0 Å². The third-order valence-corrected chi connectivity index (χ3v) is 32.4. The molecule has 602 valence electrons. The van der Waals surface area contributed by atoms with E-state index in [0.717, 1.165) is 155 Å².